The van der Waals surface area contributed by atoms with Crippen LogP contribution in [-0.4, -0.2) is 9.97 Å². The van der Waals surface area contributed by atoms with Gasteiger partial charge in [0, 0.05) is 4.88 Å². The lowest BCUT2D eigenvalue weighted by Gasteiger charge is -2.08. The van der Waals surface area contributed by atoms with E-state index in [0.29, 0.717) is 5.88 Å². The lowest BCUT2D eigenvalue weighted by Crippen LogP contribution is -1.91. The number of hydrogen-bond acceptors (Lipinski definition) is 4. The maximum Gasteiger partial charge on any atom is 0.231 e. The minimum atomic E-state index is 0.612. The molecule has 0 unspecified atom stereocenters. The number of ether oxygens (including phenoxy) is 1. The number of aryl methyl sites for hydroxylation is 3. The Hall–Kier alpha value is -1.46. The normalized spacial score (nSPS) is 11.0. The van der Waals surface area contributed by atoms with Gasteiger partial charge in [-0.05, 0) is 60.0 Å². The highest BCUT2D eigenvalue weighted by atomic mass is 79.9. The van der Waals surface area contributed by atoms with Crippen molar-refractivity contribution >= 4 is 37.5 Å². The summed E-state index contributed by atoms with van der Waals surface area (Å²) in [6.07, 6.45) is 1.55. The number of nitrogens with zero attached hydrogens (tertiary/aromatic N) is 2. The van der Waals surface area contributed by atoms with E-state index in [0.717, 1.165) is 20.4 Å². The lowest BCUT2D eigenvalue weighted by atomic mass is 10.2. The van der Waals surface area contributed by atoms with Crippen LogP contribution >= 0.6 is 27.3 Å². The number of fused-ring (bicyclic) bond motifs is 1. The molecule has 0 spiro atoms. The average Bonchev–Trinajstić information content (AvgIpc) is 2.69. The zero-order chi connectivity index (χ0) is 14.3. The minimum Gasteiger partial charge on any atom is -0.437 e. The van der Waals surface area contributed by atoms with E-state index < -0.39 is 0 Å². The smallest absolute Gasteiger partial charge is 0.231 e. The summed E-state index contributed by atoms with van der Waals surface area (Å²) in [5, 5.41) is 1.00. The SMILES string of the molecule is Cc1ccc(Oc2ncnc3sc(C)c(C)c23)c(Br)c1. The summed E-state index contributed by atoms with van der Waals surface area (Å²) in [5.41, 5.74) is 2.36. The first-order valence-corrected chi connectivity index (χ1v) is 7.82. The van der Waals surface area contributed by atoms with Crippen LogP contribution in [0.1, 0.15) is 16.0 Å². The van der Waals surface area contributed by atoms with Crippen LogP contribution in [0.3, 0.4) is 0 Å². The Balaban J connectivity index is 2.11. The second kappa shape index (κ2) is 5.14. The highest BCUT2D eigenvalue weighted by Crippen LogP contribution is 2.37. The van der Waals surface area contributed by atoms with Crippen LogP contribution < -0.4 is 4.74 Å². The maximum atomic E-state index is 5.98. The molecule has 0 saturated heterocycles. The van der Waals surface area contributed by atoms with Gasteiger partial charge in [0.15, 0.2) is 0 Å². The first kappa shape index (κ1) is 13.5. The topological polar surface area (TPSA) is 35.0 Å². The van der Waals surface area contributed by atoms with Crippen molar-refractivity contribution in [2.24, 2.45) is 0 Å². The standard InChI is InChI=1S/C15H13BrN2OS/c1-8-4-5-12(11(16)6-8)19-14-13-9(2)10(3)20-15(13)18-7-17-14/h4-7H,1-3H3. The van der Waals surface area contributed by atoms with Crippen molar-refractivity contribution in [3.8, 4) is 11.6 Å². The van der Waals surface area contributed by atoms with E-state index in [1.807, 2.05) is 25.1 Å². The van der Waals surface area contributed by atoms with Gasteiger partial charge in [0.25, 0.3) is 0 Å². The Bertz CT molecular complexity index is 798. The molecule has 0 saturated carbocycles. The van der Waals surface area contributed by atoms with Crippen LogP contribution in [0.5, 0.6) is 11.6 Å². The molecule has 3 aromatic rings. The molecule has 0 fully saturated rings. The highest BCUT2D eigenvalue weighted by molar-refractivity contribution is 9.10. The Labute approximate surface area is 129 Å². The quantitative estimate of drug-likeness (QED) is 0.640. The fourth-order valence-electron chi connectivity index (χ4n) is 2.02. The number of hydrogen-bond donors (Lipinski definition) is 0. The molecule has 0 radical (unpaired) electrons. The number of benzene rings is 1. The summed E-state index contributed by atoms with van der Waals surface area (Å²) in [5.74, 6) is 1.38. The molecule has 0 aliphatic heterocycles. The first-order valence-electron chi connectivity index (χ1n) is 6.21. The number of halogens is 1. The van der Waals surface area contributed by atoms with E-state index in [1.165, 1.54) is 16.0 Å². The maximum absolute atomic E-state index is 5.98. The summed E-state index contributed by atoms with van der Waals surface area (Å²) in [7, 11) is 0. The third-order valence-electron chi connectivity index (χ3n) is 3.22. The van der Waals surface area contributed by atoms with Gasteiger partial charge in [0.05, 0.1) is 9.86 Å². The molecule has 0 amide bonds. The monoisotopic (exact) mass is 348 g/mol. The van der Waals surface area contributed by atoms with E-state index in [2.05, 4.69) is 39.7 Å². The van der Waals surface area contributed by atoms with Crippen LogP contribution in [0.4, 0.5) is 0 Å². The van der Waals surface area contributed by atoms with Crippen molar-refractivity contribution in [3.05, 3.63) is 45.0 Å². The number of aromatic nitrogens is 2. The Morgan fingerprint density at radius 2 is 1.95 bits per heavy atom. The van der Waals surface area contributed by atoms with Crippen LogP contribution in [0.25, 0.3) is 10.2 Å². The van der Waals surface area contributed by atoms with Crippen LogP contribution in [0, 0.1) is 20.8 Å². The molecule has 3 rings (SSSR count). The van der Waals surface area contributed by atoms with Crippen molar-refractivity contribution in [3.63, 3.8) is 0 Å². The van der Waals surface area contributed by atoms with Gasteiger partial charge in [-0.3, -0.25) is 0 Å². The predicted octanol–water partition coefficient (Wildman–Crippen LogP) is 5.17. The van der Waals surface area contributed by atoms with Gasteiger partial charge in [-0.25, -0.2) is 9.97 Å². The molecule has 0 aliphatic carbocycles. The molecule has 5 heteroatoms. The zero-order valence-electron chi connectivity index (χ0n) is 11.4. The van der Waals surface area contributed by atoms with Gasteiger partial charge in [0.1, 0.15) is 16.9 Å². The second-order valence-electron chi connectivity index (χ2n) is 4.68. The van der Waals surface area contributed by atoms with Crippen molar-refractivity contribution in [2.45, 2.75) is 20.8 Å². The van der Waals surface area contributed by atoms with Crippen LogP contribution in [0.2, 0.25) is 0 Å². The van der Waals surface area contributed by atoms with Gasteiger partial charge >= 0.3 is 0 Å². The third kappa shape index (κ3) is 2.31. The van der Waals surface area contributed by atoms with Crippen molar-refractivity contribution < 1.29 is 4.74 Å². The molecule has 102 valence electrons. The van der Waals surface area contributed by atoms with E-state index in [4.69, 9.17) is 4.74 Å². The van der Waals surface area contributed by atoms with Gasteiger partial charge in [0.2, 0.25) is 5.88 Å². The molecule has 0 atom stereocenters. The van der Waals surface area contributed by atoms with Crippen molar-refractivity contribution in [1.29, 1.82) is 0 Å². The first-order chi connectivity index (χ1) is 9.56. The van der Waals surface area contributed by atoms with Crippen LogP contribution in [0.15, 0.2) is 29.0 Å². The van der Waals surface area contributed by atoms with Gasteiger partial charge in [-0.2, -0.15) is 0 Å². The van der Waals surface area contributed by atoms with Crippen LogP contribution in [-0.2, 0) is 0 Å². The van der Waals surface area contributed by atoms with E-state index >= 15 is 0 Å². The average molecular weight is 349 g/mol. The Morgan fingerprint density at radius 1 is 1.15 bits per heavy atom. The second-order valence-corrected chi connectivity index (χ2v) is 6.74. The number of thiophene rings is 1. The molecular formula is C15H13BrN2OS. The molecule has 2 aromatic heterocycles. The highest BCUT2D eigenvalue weighted by Gasteiger charge is 2.14. The Kier molecular flexibility index (Phi) is 3.48. The molecular weight excluding hydrogens is 336 g/mol. The fourth-order valence-corrected chi connectivity index (χ4v) is 3.58. The largest absolute Gasteiger partial charge is 0.437 e. The van der Waals surface area contributed by atoms with Crippen molar-refractivity contribution in [2.75, 3.05) is 0 Å². The molecule has 0 bridgehead atoms. The third-order valence-corrected chi connectivity index (χ3v) is 4.96. The summed E-state index contributed by atoms with van der Waals surface area (Å²) in [6, 6.07) is 5.99. The van der Waals surface area contributed by atoms with E-state index in [1.54, 1.807) is 17.7 Å². The molecule has 1 aromatic carbocycles. The molecule has 20 heavy (non-hydrogen) atoms. The van der Waals surface area contributed by atoms with E-state index in [9.17, 15) is 0 Å². The van der Waals surface area contributed by atoms with E-state index in [-0.39, 0.29) is 0 Å². The number of rotatable bonds is 2. The van der Waals surface area contributed by atoms with Gasteiger partial charge < -0.3 is 4.74 Å². The summed E-state index contributed by atoms with van der Waals surface area (Å²) < 4.78 is 6.91. The molecule has 0 aliphatic rings. The summed E-state index contributed by atoms with van der Waals surface area (Å²) in [4.78, 5) is 10.8. The van der Waals surface area contributed by atoms with Gasteiger partial charge in [-0.15, -0.1) is 11.3 Å². The summed E-state index contributed by atoms with van der Waals surface area (Å²) in [6.45, 7) is 6.21. The molecule has 2 heterocycles. The molecule has 0 N–H and O–H groups in total. The Morgan fingerprint density at radius 3 is 2.70 bits per heavy atom. The lowest BCUT2D eigenvalue weighted by molar-refractivity contribution is 0.465. The zero-order valence-corrected chi connectivity index (χ0v) is 13.8. The van der Waals surface area contributed by atoms with Gasteiger partial charge in [-0.1, -0.05) is 6.07 Å². The minimum absolute atomic E-state index is 0.612. The molecule has 3 nitrogen and oxygen atoms in total. The summed E-state index contributed by atoms with van der Waals surface area (Å²) >= 11 is 5.19. The fraction of sp³-hybridized carbons (Fsp3) is 0.200. The van der Waals surface area contributed by atoms with Crippen molar-refractivity contribution in [1.82, 2.24) is 9.97 Å². The predicted molar refractivity (Wildman–Crippen MR) is 85.8 cm³/mol.